The van der Waals surface area contributed by atoms with Crippen LogP contribution in [-0.4, -0.2) is 25.8 Å². The highest BCUT2D eigenvalue weighted by Crippen LogP contribution is 2.28. The Hall–Kier alpha value is -0.910. The third-order valence-corrected chi connectivity index (χ3v) is 6.04. The highest BCUT2D eigenvalue weighted by molar-refractivity contribution is 7.89. The number of nitrogens with zero attached hydrogens (tertiary/aromatic N) is 1. The van der Waals surface area contributed by atoms with Crippen LogP contribution in [0.1, 0.15) is 36.8 Å². The maximum atomic E-state index is 12.7. The average Bonchev–Trinajstić information content (AvgIpc) is 2.92. The maximum absolute atomic E-state index is 12.7. The van der Waals surface area contributed by atoms with E-state index in [0.717, 1.165) is 36.8 Å². The first-order valence-corrected chi connectivity index (χ1v) is 8.18. The van der Waals surface area contributed by atoms with E-state index in [1.807, 2.05) is 19.1 Å². The molecule has 0 saturated heterocycles. The van der Waals surface area contributed by atoms with Gasteiger partial charge in [-0.15, -0.1) is 0 Å². The molecule has 0 aliphatic heterocycles. The van der Waals surface area contributed by atoms with Gasteiger partial charge in [0, 0.05) is 19.6 Å². The minimum Gasteiger partial charge on any atom is -0.326 e. The zero-order valence-electron chi connectivity index (χ0n) is 11.6. The highest BCUT2D eigenvalue weighted by Gasteiger charge is 2.30. The Morgan fingerprint density at radius 1 is 1.32 bits per heavy atom. The molecule has 1 aliphatic rings. The predicted octanol–water partition coefficient (Wildman–Crippen LogP) is 2.02. The van der Waals surface area contributed by atoms with E-state index < -0.39 is 10.0 Å². The van der Waals surface area contributed by atoms with Crippen LogP contribution < -0.4 is 5.73 Å². The third kappa shape index (κ3) is 2.83. The summed E-state index contributed by atoms with van der Waals surface area (Å²) in [6, 6.07) is 5.56. The van der Waals surface area contributed by atoms with Gasteiger partial charge in [0.25, 0.3) is 0 Å². The van der Waals surface area contributed by atoms with Gasteiger partial charge in [0.05, 0.1) is 4.90 Å². The Balaban J connectivity index is 2.38. The number of nitrogens with two attached hydrogens (primary N) is 1. The molecule has 0 radical (unpaired) electrons. The fourth-order valence-electron chi connectivity index (χ4n) is 2.67. The van der Waals surface area contributed by atoms with E-state index in [-0.39, 0.29) is 6.04 Å². The Morgan fingerprint density at radius 2 is 1.95 bits per heavy atom. The van der Waals surface area contributed by atoms with Crippen LogP contribution in [0, 0.1) is 6.92 Å². The van der Waals surface area contributed by atoms with E-state index in [4.69, 9.17) is 5.73 Å². The van der Waals surface area contributed by atoms with Gasteiger partial charge in [-0.05, 0) is 37.0 Å². The number of aryl methyl sites for hydroxylation is 1. The number of benzene rings is 1. The first kappa shape index (κ1) is 14.5. The van der Waals surface area contributed by atoms with Gasteiger partial charge in [0.15, 0.2) is 0 Å². The quantitative estimate of drug-likeness (QED) is 0.919. The predicted molar refractivity (Wildman–Crippen MR) is 76.3 cm³/mol. The second-order valence-corrected chi connectivity index (χ2v) is 7.23. The molecule has 0 bridgehead atoms. The Morgan fingerprint density at radius 3 is 2.53 bits per heavy atom. The smallest absolute Gasteiger partial charge is 0.243 e. The molecule has 1 aromatic carbocycles. The van der Waals surface area contributed by atoms with E-state index in [0.29, 0.717) is 11.4 Å². The van der Waals surface area contributed by atoms with Crippen LogP contribution in [0.5, 0.6) is 0 Å². The molecule has 4 nitrogen and oxygen atoms in total. The van der Waals surface area contributed by atoms with Crippen LogP contribution in [-0.2, 0) is 16.6 Å². The van der Waals surface area contributed by atoms with Gasteiger partial charge in [0.1, 0.15) is 0 Å². The van der Waals surface area contributed by atoms with Gasteiger partial charge in [-0.25, -0.2) is 8.42 Å². The molecule has 0 aromatic heterocycles. The summed E-state index contributed by atoms with van der Waals surface area (Å²) >= 11 is 0. The molecule has 106 valence electrons. The van der Waals surface area contributed by atoms with Crippen LogP contribution >= 0.6 is 0 Å². The molecule has 2 N–H and O–H groups in total. The van der Waals surface area contributed by atoms with E-state index in [1.54, 1.807) is 17.4 Å². The molecule has 1 fully saturated rings. The Bertz CT molecular complexity index is 549. The molecular formula is C14H22N2O2S. The highest BCUT2D eigenvalue weighted by atomic mass is 32.2. The van der Waals surface area contributed by atoms with Crippen molar-refractivity contribution >= 4 is 10.0 Å². The summed E-state index contributed by atoms with van der Waals surface area (Å²) in [6.07, 6.45) is 4.16. The SMILES string of the molecule is Cc1ccc(CN)cc1S(=O)(=O)N(C)C1CCCC1. The van der Waals surface area contributed by atoms with Crippen molar-refractivity contribution in [3.8, 4) is 0 Å². The topological polar surface area (TPSA) is 63.4 Å². The van der Waals surface area contributed by atoms with E-state index in [9.17, 15) is 8.42 Å². The molecule has 1 aromatic rings. The lowest BCUT2D eigenvalue weighted by molar-refractivity contribution is 0.373. The van der Waals surface area contributed by atoms with Crippen LogP contribution in [0.4, 0.5) is 0 Å². The van der Waals surface area contributed by atoms with Crippen LogP contribution in [0.15, 0.2) is 23.1 Å². The van der Waals surface area contributed by atoms with Gasteiger partial charge in [-0.1, -0.05) is 25.0 Å². The fourth-order valence-corrected chi connectivity index (χ4v) is 4.36. The number of rotatable bonds is 4. The van der Waals surface area contributed by atoms with Gasteiger partial charge >= 0.3 is 0 Å². The second-order valence-electron chi connectivity index (χ2n) is 5.26. The summed E-state index contributed by atoms with van der Waals surface area (Å²) in [4.78, 5) is 0.393. The Kier molecular flexibility index (Phi) is 4.28. The largest absolute Gasteiger partial charge is 0.326 e. The lowest BCUT2D eigenvalue weighted by Gasteiger charge is -2.24. The normalized spacial score (nSPS) is 17.3. The first-order valence-electron chi connectivity index (χ1n) is 6.74. The molecule has 0 unspecified atom stereocenters. The van der Waals surface area contributed by atoms with Crippen molar-refractivity contribution < 1.29 is 8.42 Å². The van der Waals surface area contributed by atoms with Crippen LogP contribution in [0.2, 0.25) is 0 Å². The average molecular weight is 282 g/mol. The molecule has 1 saturated carbocycles. The maximum Gasteiger partial charge on any atom is 0.243 e. The standard InChI is InChI=1S/C14H22N2O2S/c1-11-7-8-12(10-15)9-14(11)19(17,18)16(2)13-5-3-4-6-13/h7-9,13H,3-6,10,15H2,1-2H3. The molecule has 19 heavy (non-hydrogen) atoms. The number of hydrogen-bond donors (Lipinski definition) is 1. The van der Waals surface area contributed by atoms with Crippen molar-refractivity contribution in [1.29, 1.82) is 0 Å². The summed E-state index contributed by atoms with van der Waals surface area (Å²) in [5, 5.41) is 0. The van der Waals surface area contributed by atoms with Crippen molar-refractivity contribution in [2.24, 2.45) is 5.73 Å². The van der Waals surface area contributed by atoms with Crippen molar-refractivity contribution in [2.75, 3.05) is 7.05 Å². The molecule has 1 aliphatic carbocycles. The first-order chi connectivity index (χ1) is 8.96. The summed E-state index contributed by atoms with van der Waals surface area (Å²) in [5.41, 5.74) is 7.23. The summed E-state index contributed by atoms with van der Waals surface area (Å²) in [7, 11) is -1.71. The fraction of sp³-hybridized carbons (Fsp3) is 0.571. The van der Waals surface area contributed by atoms with Gasteiger partial charge < -0.3 is 5.73 Å². The second kappa shape index (κ2) is 5.61. The van der Waals surface area contributed by atoms with Crippen molar-refractivity contribution in [3.05, 3.63) is 29.3 Å². The van der Waals surface area contributed by atoms with E-state index in [2.05, 4.69) is 0 Å². The molecule has 0 amide bonds. The van der Waals surface area contributed by atoms with Crippen molar-refractivity contribution in [2.45, 2.75) is 50.1 Å². The minimum atomic E-state index is -3.41. The summed E-state index contributed by atoms with van der Waals surface area (Å²) in [6.45, 7) is 2.19. The van der Waals surface area contributed by atoms with Gasteiger partial charge in [0.2, 0.25) is 10.0 Å². The molecule has 2 rings (SSSR count). The number of sulfonamides is 1. The number of hydrogen-bond acceptors (Lipinski definition) is 3. The third-order valence-electron chi connectivity index (χ3n) is 3.98. The molecule has 5 heteroatoms. The van der Waals surface area contributed by atoms with E-state index >= 15 is 0 Å². The summed E-state index contributed by atoms with van der Waals surface area (Å²) in [5.74, 6) is 0. The lowest BCUT2D eigenvalue weighted by atomic mass is 10.1. The van der Waals surface area contributed by atoms with E-state index in [1.165, 1.54) is 0 Å². The lowest BCUT2D eigenvalue weighted by Crippen LogP contribution is -2.35. The summed E-state index contributed by atoms with van der Waals surface area (Å²) < 4.78 is 26.9. The molecular weight excluding hydrogens is 260 g/mol. The van der Waals surface area contributed by atoms with Crippen molar-refractivity contribution in [3.63, 3.8) is 0 Å². The molecule has 0 spiro atoms. The van der Waals surface area contributed by atoms with Crippen LogP contribution in [0.25, 0.3) is 0 Å². The van der Waals surface area contributed by atoms with Crippen molar-refractivity contribution in [1.82, 2.24) is 4.31 Å². The van der Waals surface area contributed by atoms with Crippen LogP contribution in [0.3, 0.4) is 0 Å². The Labute approximate surface area is 115 Å². The zero-order valence-corrected chi connectivity index (χ0v) is 12.4. The monoisotopic (exact) mass is 282 g/mol. The molecule has 0 atom stereocenters. The minimum absolute atomic E-state index is 0.144. The molecule has 0 heterocycles. The van der Waals surface area contributed by atoms with Gasteiger partial charge in [-0.3, -0.25) is 0 Å². The zero-order chi connectivity index (χ0) is 14.0. The van der Waals surface area contributed by atoms with Gasteiger partial charge in [-0.2, -0.15) is 4.31 Å².